The molecule has 0 fully saturated rings. The standard InChI is InChI=1S/C14H9NO4/c16-9-3-1-8(2-4-9)12-7-11(17)10-5-6-13(18)15-14(10)19-12/h1-7,16H,(H,15,18). The van der Waals surface area contributed by atoms with E-state index in [1.807, 2.05) is 0 Å². The minimum absolute atomic E-state index is 0.125. The maximum Gasteiger partial charge on any atom is 0.250 e. The van der Waals surface area contributed by atoms with Crippen LogP contribution in [-0.4, -0.2) is 10.1 Å². The molecule has 0 bridgehead atoms. The van der Waals surface area contributed by atoms with Crippen LogP contribution < -0.4 is 11.0 Å². The van der Waals surface area contributed by atoms with Crippen molar-refractivity contribution in [2.24, 2.45) is 0 Å². The number of aromatic hydroxyl groups is 1. The molecule has 0 saturated carbocycles. The van der Waals surface area contributed by atoms with Crippen LogP contribution >= 0.6 is 0 Å². The second-order valence-electron chi connectivity index (χ2n) is 4.09. The molecule has 3 rings (SSSR count). The summed E-state index contributed by atoms with van der Waals surface area (Å²) in [6.07, 6.45) is 0. The van der Waals surface area contributed by atoms with Crippen molar-refractivity contribution in [2.45, 2.75) is 0 Å². The highest BCUT2D eigenvalue weighted by Gasteiger charge is 2.07. The molecule has 2 aromatic heterocycles. The van der Waals surface area contributed by atoms with Crippen molar-refractivity contribution in [3.63, 3.8) is 0 Å². The Hall–Kier alpha value is -2.82. The van der Waals surface area contributed by atoms with E-state index in [4.69, 9.17) is 4.42 Å². The first-order chi connectivity index (χ1) is 9.13. The molecule has 0 aliphatic rings. The second-order valence-corrected chi connectivity index (χ2v) is 4.09. The average molecular weight is 255 g/mol. The molecule has 2 heterocycles. The number of aromatic amines is 1. The Morgan fingerprint density at radius 2 is 1.74 bits per heavy atom. The molecule has 1 aromatic carbocycles. The number of phenols is 1. The van der Waals surface area contributed by atoms with Gasteiger partial charge in [-0.25, -0.2) is 0 Å². The number of fused-ring (bicyclic) bond motifs is 1. The van der Waals surface area contributed by atoms with Crippen LogP contribution in [0.25, 0.3) is 22.4 Å². The predicted molar refractivity (Wildman–Crippen MR) is 70.2 cm³/mol. The summed E-state index contributed by atoms with van der Waals surface area (Å²) < 4.78 is 5.51. The van der Waals surface area contributed by atoms with Crippen LogP contribution in [0.2, 0.25) is 0 Å². The van der Waals surface area contributed by atoms with Gasteiger partial charge >= 0.3 is 0 Å². The van der Waals surface area contributed by atoms with Crippen molar-refractivity contribution in [1.29, 1.82) is 0 Å². The third-order valence-electron chi connectivity index (χ3n) is 2.77. The molecule has 0 aliphatic heterocycles. The van der Waals surface area contributed by atoms with Gasteiger partial charge in [0.1, 0.15) is 11.5 Å². The molecular weight excluding hydrogens is 246 g/mol. The Morgan fingerprint density at radius 3 is 2.47 bits per heavy atom. The quantitative estimate of drug-likeness (QED) is 0.695. The molecule has 0 spiro atoms. The lowest BCUT2D eigenvalue weighted by atomic mass is 10.1. The summed E-state index contributed by atoms with van der Waals surface area (Å²) >= 11 is 0. The lowest BCUT2D eigenvalue weighted by molar-refractivity contribution is 0.475. The third kappa shape index (κ3) is 2.01. The Labute approximate surface area is 106 Å². The maximum absolute atomic E-state index is 11.9. The third-order valence-corrected chi connectivity index (χ3v) is 2.77. The molecule has 5 heteroatoms. The van der Waals surface area contributed by atoms with E-state index in [2.05, 4.69) is 4.98 Å². The first-order valence-electron chi connectivity index (χ1n) is 5.60. The van der Waals surface area contributed by atoms with Crippen LogP contribution in [0.1, 0.15) is 0 Å². The van der Waals surface area contributed by atoms with E-state index >= 15 is 0 Å². The molecule has 0 amide bonds. The van der Waals surface area contributed by atoms with Gasteiger partial charge in [-0.2, -0.15) is 0 Å². The Balaban J connectivity index is 2.28. The number of benzene rings is 1. The summed E-state index contributed by atoms with van der Waals surface area (Å²) in [4.78, 5) is 25.6. The van der Waals surface area contributed by atoms with Gasteiger partial charge in [0.15, 0.2) is 5.43 Å². The van der Waals surface area contributed by atoms with Gasteiger partial charge in [-0.3, -0.25) is 14.6 Å². The molecule has 5 nitrogen and oxygen atoms in total. The molecule has 94 valence electrons. The van der Waals surface area contributed by atoms with Crippen molar-refractivity contribution in [3.8, 4) is 17.1 Å². The van der Waals surface area contributed by atoms with E-state index in [0.717, 1.165) is 0 Å². The van der Waals surface area contributed by atoms with E-state index in [1.54, 1.807) is 12.1 Å². The monoisotopic (exact) mass is 255 g/mol. The molecule has 0 aliphatic carbocycles. The second kappa shape index (κ2) is 4.13. The zero-order valence-electron chi connectivity index (χ0n) is 9.71. The fourth-order valence-corrected chi connectivity index (χ4v) is 1.83. The number of aromatic nitrogens is 1. The van der Waals surface area contributed by atoms with E-state index < -0.39 is 0 Å². The predicted octanol–water partition coefficient (Wildman–Crippen LogP) is 1.85. The minimum Gasteiger partial charge on any atom is -0.508 e. The summed E-state index contributed by atoms with van der Waals surface area (Å²) in [5.41, 5.74) is 0.212. The van der Waals surface area contributed by atoms with Gasteiger partial charge in [-0.05, 0) is 30.3 Å². The number of hydrogen-bond acceptors (Lipinski definition) is 4. The summed E-state index contributed by atoms with van der Waals surface area (Å²) in [6.45, 7) is 0. The molecular formula is C14H9NO4. The normalized spacial score (nSPS) is 10.7. The first-order valence-corrected chi connectivity index (χ1v) is 5.60. The maximum atomic E-state index is 11.9. The number of phenolic OH excluding ortho intramolecular Hbond substituents is 1. The Morgan fingerprint density at radius 1 is 1.00 bits per heavy atom. The van der Waals surface area contributed by atoms with Crippen molar-refractivity contribution < 1.29 is 9.52 Å². The number of rotatable bonds is 1. The van der Waals surface area contributed by atoms with E-state index in [1.165, 1.54) is 30.3 Å². The largest absolute Gasteiger partial charge is 0.508 e. The molecule has 3 aromatic rings. The minimum atomic E-state index is -0.335. The Kier molecular flexibility index (Phi) is 2.45. The zero-order chi connectivity index (χ0) is 13.4. The van der Waals surface area contributed by atoms with Crippen LogP contribution in [-0.2, 0) is 0 Å². The van der Waals surface area contributed by atoms with Gasteiger partial charge in [0.05, 0.1) is 5.39 Å². The van der Waals surface area contributed by atoms with Crippen LogP contribution in [0.3, 0.4) is 0 Å². The van der Waals surface area contributed by atoms with Crippen LogP contribution in [0.15, 0.2) is 56.5 Å². The van der Waals surface area contributed by atoms with E-state index in [-0.39, 0.29) is 22.5 Å². The van der Waals surface area contributed by atoms with Crippen LogP contribution in [0, 0.1) is 0 Å². The summed E-state index contributed by atoms with van der Waals surface area (Å²) in [7, 11) is 0. The summed E-state index contributed by atoms with van der Waals surface area (Å²) in [6, 6.07) is 10.3. The molecule has 0 atom stereocenters. The molecule has 19 heavy (non-hydrogen) atoms. The number of H-pyrrole nitrogens is 1. The van der Waals surface area contributed by atoms with Crippen LogP contribution in [0.4, 0.5) is 0 Å². The highest BCUT2D eigenvalue weighted by molar-refractivity contribution is 5.74. The number of hydrogen-bond donors (Lipinski definition) is 2. The fraction of sp³-hybridized carbons (Fsp3) is 0. The van der Waals surface area contributed by atoms with Gasteiger partial charge in [0, 0.05) is 17.7 Å². The Bertz CT molecular complexity index is 859. The highest BCUT2D eigenvalue weighted by Crippen LogP contribution is 2.22. The van der Waals surface area contributed by atoms with E-state index in [0.29, 0.717) is 16.7 Å². The lowest BCUT2D eigenvalue weighted by Gasteiger charge is -2.02. The molecule has 0 unspecified atom stereocenters. The summed E-state index contributed by atoms with van der Waals surface area (Å²) in [5.74, 6) is 0.458. The van der Waals surface area contributed by atoms with Crippen molar-refractivity contribution >= 4 is 11.1 Å². The number of pyridine rings is 1. The molecule has 2 N–H and O–H groups in total. The topological polar surface area (TPSA) is 83.3 Å². The summed E-state index contributed by atoms with van der Waals surface area (Å²) in [5, 5.41) is 9.55. The van der Waals surface area contributed by atoms with Crippen LogP contribution in [0.5, 0.6) is 5.75 Å². The average Bonchev–Trinajstić information content (AvgIpc) is 2.38. The van der Waals surface area contributed by atoms with Crippen molar-refractivity contribution in [1.82, 2.24) is 4.98 Å². The molecule has 0 saturated heterocycles. The first kappa shape index (κ1) is 11.3. The SMILES string of the molecule is O=c1ccc2c(=O)cc(-c3ccc(O)cc3)oc2[nH]1. The van der Waals surface area contributed by atoms with Gasteiger partial charge in [0.25, 0.3) is 5.56 Å². The zero-order valence-corrected chi connectivity index (χ0v) is 9.71. The lowest BCUT2D eigenvalue weighted by Crippen LogP contribution is -2.08. The fourth-order valence-electron chi connectivity index (χ4n) is 1.83. The van der Waals surface area contributed by atoms with E-state index in [9.17, 15) is 14.7 Å². The van der Waals surface area contributed by atoms with Crippen molar-refractivity contribution in [3.05, 3.63) is 63.0 Å². The van der Waals surface area contributed by atoms with Gasteiger partial charge < -0.3 is 9.52 Å². The number of nitrogens with one attached hydrogen (secondary N) is 1. The highest BCUT2D eigenvalue weighted by atomic mass is 16.3. The van der Waals surface area contributed by atoms with Gasteiger partial charge in [-0.15, -0.1) is 0 Å². The van der Waals surface area contributed by atoms with Gasteiger partial charge in [0.2, 0.25) is 5.71 Å². The smallest absolute Gasteiger partial charge is 0.250 e. The van der Waals surface area contributed by atoms with Gasteiger partial charge in [-0.1, -0.05) is 0 Å². The molecule has 0 radical (unpaired) electrons. The van der Waals surface area contributed by atoms with Crippen molar-refractivity contribution in [2.75, 3.05) is 0 Å².